The number of rotatable bonds is 1. The molecule has 3 saturated heterocycles. The molecule has 0 aromatic carbocycles. The van der Waals surface area contributed by atoms with Gasteiger partial charge in [-0.1, -0.05) is 0 Å². The predicted molar refractivity (Wildman–Crippen MR) is 44.5 cm³/mol. The zero-order chi connectivity index (χ0) is 7.90. The van der Waals surface area contributed by atoms with Gasteiger partial charge in [-0.25, -0.2) is 0 Å². The van der Waals surface area contributed by atoms with Crippen molar-refractivity contribution >= 4 is 7.85 Å². The van der Waals surface area contributed by atoms with Gasteiger partial charge in [0.05, 0.1) is 0 Å². The summed E-state index contributed by atoms with van der Waals surface area (Å²) < 4.78 is 0. The molecule has 0 aliphatic carbocycles. The Labute approximate surface area is 69.0 Å². The molecular weight excluding hydrogens is 137 g/mol. The minimum absolute atomic E-state index is 0.0781. The van der Waals surface area contributed by atoms with E-state index in [-0.39, 0.29) is 5.41 Å². The summed E-state index contributed by atoms with van der Waals surface area (Å²) in [5, 5.41) is 9.41. The molecule has 0 aromatic rings. The fraction of sp³-hybridized carbons (Fsp3) is 1.00. The lowest BCUT2D eigenvalue weighted by atomic mass is 9.63. The van der Waals surface area contributed by atoms with Gasteiger partial charge in [0.25, 0.3) is 0 Å². The molecule has 3 aliphatic heterocycles. The molecule has 0 aromatic heterocycles. The first-order valence-corrected chi connectivity index (χ1v) is 4.39. The van der Waals surface area contributed by atoms with E-state index in [1.807, 2.05) is 0 Å². The van der Waals surface area contributed by atoms with Crippen LogP contribution < -0.4 is 0 Å². The maximum atomic E-state index is 9.41. The molecule has 0 saturated carbocycles. The van der Waals surface area contributed by atoms with E-state index >= 15 is 0 Å². The Kier molecular flexibility index (Phi) is 1.73. The van der Waals surface area contributed by atoms with Crippen LogP contribution in [-0.2, 0) is 0 Å². The van der Waals surface area contributed by atoms with Crippen molar-refractivity contribution in [2.24, 2.45) is 5.41 Å². The Morgan fingerprint density at radius 2 is 1.64 bits per heavy atom. The van der Waals surface area contributed by atoms with Gasteiger partial charge < -0.3 is 10.0 Å². The van der Waals surface area contributed by atoms with Crippen molar-refractivity contribution in [1.82, 2.24) is 4.90 Å². The Morgan fingerprint density at radius 3 is 1.91 bits per heavy atom. The third-order valence-corrected chi connectivity index (χ3v) is 3.41. The molecule has 2 radical (unpaired) electrons. The van der Waals surface area contributed by atoms with E-state index in [1.165, 1.54) is 0 Å². The molecule has 3 rings (SSSR count). The summed E-state index contributed by atoms with van der Waals surface area (Å²) in [4.78, 5) is 2.45. The molecule has 1 atom stereocenters. The first-order valence-electron chi connectivity index (χ1n) is 4.39. The maximum absolute atomic E-state index is 9.41. The normalized spacial score (nSPS) is 45.7. The van der Waals surface area contributed by atoms with E-state index in [4.69, 9.17) is 7.85 Å². The maximum Gasteiger partial charge on any atom is 0.109 e. The van der Waals surface area contributed by atoms with Crippen molar-refractivity contribution in [1.29, 1.82) is 0 Å². The molecule has 3 aliphatic rings. The highest BCUT2D eigenvalue weighted by Gasteiger charge is 2.41. The van der Waals surface area contributed by atoms with Gasteiger partial charge in [0.1, 0.15) is 7.85 Å². The first kappa shape index (κ1) is 7.62. The predicted octanol–water partition coefficient (Wildman–Crippen LogP) is -0.0408. The highest BCUT2D eigenvalue weighted by molar-refractivity contribution is 6.11. The van der Waals surface area contributed by atoms with Gasteiger partial charge >= 0.3 is 0 Å². The topological polar surface area (TPSA) is 23.5 Å². The van der Waals surface area contributed by atoms with Crippen LogP contribution in [0.25, 0.3) is 0 Å². The van der Waals surface area contributed by atoms with E-state index in [2.05, 4.69) is 4.90 Å². The summed E-state index contributed by atoms with van der Waals surface area (Å²) >= 11 is 0. The van der Waals surface area contributed by atoms with Crippen LogP contribution in [0.15, 0.2) is 0 Å². The molecule has 60 valence electrons. The third-order valence-electron chi connectivity index (χ3n) is 3.41. The van der Waals surface area contributed by atoms with Crippen LogP contribution >= 0.6 is 0 Å². The lowest BCUT2D eigenvalue weighted by molar-refractivity contribution is -0.0340. The molecule has 3 heteroatoms. The van der Waals surface area contributed by atoms with Gasteiger partial charge in [-0.3, -0.25) is 0 Å². The van der Waals surface area contributed by atoms with Crippen molar-refractivity contribution in [3.05, 3.63) is 0 Å². The molecule has 3 fully saturated rings. The molecule has 0 amide bonds. The first-order chi connectivity index (χ1) is 5.23. The van der Waals surface area contributed by atoms with Crippen molar-refractivity contribution in [2.75, 3.05) is 19.6 Å². The number of piperidine rings is 3. The molecular formula is C8H14BNO. The summed E-state index contributed by atoms with van der Waals surface area (Å²) in [5.74, 6) is 0. The Morgan fingerprint density at radius 1 is 1.18 bits per heavy atom. The largest absolute Gasteiger partial charge is 0.402 e. The van der Waals surface area contributed by atoms with E-state index in [0.717, 1.165) is 38.9 Å². The Bertz CT molecular complexity index is 138. The minimum atomic E-state index is -0.593. The summed E-state index contributed by atoms with van der Waals surface area (Å²) in [6.45, 7) is 3.40. The lowest BCUT2D eigenvalue weighted by Crippen LogP contribution is -2.53. The zero-order valence-electron chi connectivity index (χ0n) is 6.79. The molecule has 2 nitrogen and oxygen atoms in total. The third kappa shape index (κ3) is 1.11. The molecule has 1 unspecified atom stereocenters. The number of fused-ring (bicyclic) bond motifs is 3. The van der Waals surface area contributed by atoms with Gasteiger partial charge in [-0.05, 0) is 44.3 Å². The second-order valence-electron chi connectivity index (χ2n) is 3.90. The van der Waals surface area contributed by atoms with Gasteiger partial charge in [-0.15, -0.1) is 0 Å². The molecule has 11 heavy (non-hydrogen) atoms. The number of aliphatic hydroxyl groups is 1. The lowest BCUT2D eigenvalue weighted by Gasteiger charge is -2.50. The fourth-order valence-electron chi connectivity index (χ4n) is 2.30. The molecule has 1 N–H and O–H groups in total. The number of nitrogens with zero attached hydrogens (tertiary/aromatic N) is 1. The van der Waals surface area contributed by atoms with Crippen LogP contribution in [0.1, 0.15) is 19.3 Å². The monoisotopic (exact) mass is 151 g/mol. The Hall–Kier alpha value is -0.0151. The summed E-state index contributed by atoms with van der Waals surface area (Å²) in [7, 11) is 5.57. The SMILES string of the molecule is [B]C(O)C12CCN(CC1)CC2. The van der Waals surface area contributed by atoms with Crippen molar-refractivity contribution in [3.8, 4) is 0 Å². The van der Waals surface area contributed by atoms with E-state index < -0.39 is 6.00 Å². The smallest absolute Gasteiger partial charge is 0.109 e. The fourth-order valence-corrected chi connectivity index (χ4v) is 2.30. The van der Waals surface area contributed by atoms with Crippen LogP contribution in [0.4, 0.5) is 0 Å². The van der Waals surface area contributed by atoms with E-state index in [9.17, 15) is 5.11 Å². The number of hydrogen-bond donors (Lipinski definition) is 1. The quantitative estimate of drug-likeness (QED) is 0.531. The Balaban J connectivity index is 2.12. The summed E-state index contributed by atoms with van der Waals surface area (Å²) in [6.07, 6.45) is 3.26. The zero-order valence-corrected chi connectivity index (χ0v) is 6.79. The standard InChI is InChI=1S/C8H14BNO/c9-7(11)8-1-4-10(5-2-8)6-3-8/h7,11H,1-6H2. The number of hydrogen-bond acceptors (Lipinski definition) is 2. The van der Waals surface area contributed by atoms with Crippen LogP contribution in [0, 0.1) is 5.41 Å². The van der Waals surface area contributed by atoms with Crippen molar-refractivity contribution in [3.63, 3.8) is 0 Å². The van der Waals surface area contributed by atoms with Crippen LogP contribution in [0.3, 0.4) is 0 Å². The van der Waals surface area contributed by atoms with Crippen LogP contribution in [-0.4, -0.2) is 43.5 Å². The average Bonchev–Trinajstić information content (AvgIpc) is 2.08. The minimum Gasteiger partial charge on any atom is -0.402 e. The molecule has 0 spiro atoms. The summed E-state index contributed by atoms with van der Waals surface area (Å²) in [6, 6.07) is -0.593. The van der Waals surface area contributed by atoms with Crippen molar-refractivity contribution < 1.29 is 5.11 Å². The molecule has 3 heterocycles. The van der Waals surface area contributed by atoms with Gasteiger partial charge in [0, 0.05) is 6.00 Å². The van der Waals surface area contributed by atoms with Crippen molar-refractivity contribution in [2.45, 2.75) is 25.3 Å². The number of aliphatic hydroxyl groups excluding tert-OH is 1. The summed E-state index contributed by atoms with van der Waals surface area (Å²) in [5.41, 5.74) is 0.0781. The average molecular weight is 151 g/mol. The van der Waals surface area contributed by atoms with Gasteiger partial charge in [0.15, 0.2) is 0 Å². The van der Waals surface area contributed by atoms with E-state index in [0.29, 0.717) is 0 Å². The van der Waals surface area contributed by atoms with Gasteiger partial charge in [0.2, 0.25) is 0 Å². The van der Waals surface area contributed by atoms with E-state index in [1.54, 1.807) is 0 Å². The van der Waals surface area contributed by atoms with Gasteiger partial charge in [-0.2, -0.15) is 0 Å². The second-order valence-corrected chi connectivity index (χ2v) is 3.90. The molecule has 2 bridgehead atoms. The van der Waals surface area contributed by atoms with Crippen LogP contribution in [0.5, 0.6) is 0 Å². The second kappa shape index (κ2) is 2.49. The highest BCUT2D eigenvalue weighted by atomic mass is 16.3. The van der Waals surface area contributed by atoms with Crippen LogP contribution in [0.2, 0.25) is 0 Å². The highest BCUT2D eigenvalue weighted by Crippen LogP contribution is 2.41.